The van der Waals surface area contributed by atoms with E-state index in [1.165, 1.54) is 19.3 Å². The maximum Gasteiger partial charge on any atom is 0.238 e. The molecule has 0 spiro atoms. The van der Waals surface area contributed by atoms with E-state index in [0.717, 1.165) is 25.6 Å². The summed E-state index contributed by atoms with van der Waals surface area (Å²) in [5.41, 5.74) is 0.577. The number of piperidine rings is 1. The molecule has 1 aromatic heterocycles. The quantitative estimate of drug-likeness (QED) is 0.789. The average molecular weight is 311 g/mol. The maximum atomic E-state index is 12.0. The first kappa shape index (κ1) is 16.2. The van der Waals surface area contributed by atoms with E-state index in [1.807, 2.05) is 7.05 Å². The summed E-state index contributed by atoms with van der Waals surface area (Å²) in [7, 11) is 1.99. The minimum absolute atomic E-state index is 0.0291. The highest BCUT2D eigenvalue weighted by Gasteiger charge is 2.20. The molecule has 1 aliphatic rings. The zero-order chi connectivity index (χ0) is 15.1. The van der Waals surface area contributed by atoms with E-state index in [0.29, 0.717) is 17.4 Å². The molecule has 0 aliphatic carbocycles. The molecule has 1 aliphatic heterocycles. The zero-order valence-electron chi connectivity index (χ0n) is 12.4. The third-order valence-corrected chi connectivity index (χ3v) is 4.21. The minimum Gasteiger partial charge on any atom is -0.322 e. The van der Waals surface area contributed by atoms with Crippen LogP contribution in [-0.4, -0.2) is 49.0 Å². The van der Waals surface area contributed by atoms with Crippen LogP contribution in [0.3, 0.4) is 0 Å². The van der Waals surface area contributed by atoms with Crippen molar-refractivity contribution in [1.82, 2.24) is 15.2 Å². The Bertz CT molecular complexity index is 461. The average Bonchev–Trinajstić information content (AvgIpc) is 2.49. The molecule has 1 fully saturated rings. The molecule has 2 N–H and O–H groups in total. The summed E-state index contributed by atoms with van der Waals surface area (Å²) in [6.45, 7) is 3.47. The van der Waals surface area contributed by atoms with Gasteiger partial charge in [-0.3, -0.25) is 9.69 Å². The van der Waals surface area contributed by atoms with Gasteiger partial charge >= 0.3 is 0 Å². The van der Waals surface area contributed by atoms with Crippen molar-refractivity contribution in [2.45, 2.75) is 19.3 Å². The molecule has 0 bridgehead atoms. The molecule has 1 aromatic rings. The number of anilines is 1. The van der Waals surface area contributed by atoms with Gasteiger partial charge in [-0.1, -0.05) is 11.6 Å². The van der Waals surface area contributed by atoms with Gasteiger partial charge in [-0.25, -0.2) is 4.98 Å². The summed E-state index contributed by atoms with van der Waals surface area (Å²) < 4.78 is 0. The minimum atomic E-state index is -0.0291. The lowest BCUT2D eigenvalue weighted by molar-refractivity contribution is -0.117. The first-order valence-corrected chi connectivity index (χ1v) is 7.84. The Kier molecular flexibility index (Phi) is 6.42. The van der Waals surface area contributed by atoms with Crippen molar-refractivity contribution in [3.8, 4) is 0 Å². The summed E-state index contributed by atoms with van der Waals surface area (Å²) in [4.78, 5) is 18.2. The molecular weight excluding hydrogens is 288 g/mol. The van der Waals surface area contributed by atoms with Crippen LogP contribution < -0.4 is 10.6 Å². The largest absolute Gasteiger partial charge is 0.322 e. The maximum absolute atomic E-state index is 12.0. The van der Waals surface area contributed by atoms with Gasteiger partial charge in [-0.15, -0.1) is 0 Å². The fraction of sp³-hybridized carbons (Fsp3) is 0.600. The molecule has 0 unspecified atom stereocenters. The Labute approximate surface area is 131 Å². The van der Waals surface area contributed by atoms with Crippen molar-refractivity contribution in [3.63, 3.8) is 0 Å². The van der Waals surface area contributed by atoms with Gasteiger partial charge in [0.15, 0.2) is 5.15 Å². The summed E-state index contributed by atoms with van der Waals surface area (Å²) >= 11 is 5.93. The highest BCUT2D eigenvalue weighted by molar-refractivity contribution is 6.32. The Morgan fingerprint density at radius 2 is 2.24 bits per heavy atom. The van der Waals surface area contributed by atoms with E-state index in [2.05, 4.69) is 20.5 Å². The summed E-state index contributed by atoms with van der Waals surface area (Å²) in [5, 5.41) is 6.34. The molecule has 1 saturated heterocycles. The van der Waals surface area contributed by atoms with Gasteiger partial charge in [0.05, 0.1) is 12.2 Å². The zero-order valence-corrected chi connectivity index (χ0v) is 13.2. The molecule has 2 heterocycles. The van der Waals surface area contributed by atoms with Crippen molar-refractivity contribution in [3.05, 3.63) is 23.5 Å². The molecule has 1 amide bonds. The van der Waals surface area contributed by atoms with Gasteiger partial charge in [0.2, 0.25) is 5.91 Å². The third-order valence-electron chi connectivity index (χ3n) is 3.91. The molecule has 6 heteroatoms. The fourth-order valence-electron chi connectivity index (χ4n) is 2.65. The smallest absolute Gasteiger partial charge is 0.238 e. The van der Waals surface area contributed by atoms with Crippen molar-refractivity contribution < 1.29 is 4.79 Å². The second-order valence-electron chi connectivity index (χ2n) is 5.50. The number of nitrogens with zero attached hydrogens (tertiary/aromatic N) is 2. The van der Waals surface area contributed by atoms with Gasteiger partial charge in [0.1, 0.15) is 0 Å². The Balaban J connectivity index is 1.73. The van der Waals surface area contributed by atoms with Crippen molar-refractivity contribution in [1.29, 1.82) is 0 Å². The normalized spacial score (nSPS) is 16.9. The second kappa shape index (κ2) is 8.32. The SMILES string of the molecule is CNCCC1CCN(CC(=O)Nc2cccnc2Cl)CC1. The predicted octanol–water partition coefficient (Wildman–Crippen LogP) is 1.99. The molecular formula is C15H23ClN4O. The first-order chi connectivity index (χ1) is 10.2. The van der Waals surface area contributed by atoms with Gasteiger partial charge < -0.3 is 10.6 Å². The number of pyridine rings is 1. The standard InChI is InChI=1S/C15H23ClN4O/c1-17-8-4-12-5-9-20(10-6-12)11-14(21)19-13-3-2-7-18-15(13)16/h2-3,7,12,17H,4-6,8-11H2,1H3,(H,19,21). The van der Waals surface area contributed by atoms with Crippen LogP contribution in [0.15, 0.2) is 18.3 Å². The van der Waals surface area contributed by atoms with Gasteiger partial charge in [0.25, 0.3) is 0 Å². The van der Waals surface area contributed by atoms with Crippen LogP contribution in [0.5, 0.6) is 0 Å². The monoisotopic (exact) mass is 310 g/mol. The van der Waals surface area contributed by atoms with E-state index < -0.39 is 0 Å². The second-order valence-corrected chi connectivity index (χ2v) is 5.86. The lowest BCUT2D eigenvalue weighted by Crippen LogP contribution is -2.39. The number of aromatic nitrogens is 1. The molecule has 0 atom stereocenters. The van der Waals surface area contributed by atoms with Crippen LogP contribution in [0.1, 0.15) is 19.3 Å². The summed E-state index contributed by atoms with van der Waals surface area (Å²) in [5.74, 6) is 0.753. The lowest BCUT2D eigenvalue weighted by Gasteiger charge is -2.31. The topological polar surface area (TPSA) is 57.3 Å². The van der Waals surface area contributed by atoms with E-state index in [4.69, 9.17) is 11.6 Å². The molecule has 0 aromatic carbocycles. The van der Waals surface area contributed by atoms with Gasteiger partial charge in [0, 0.05) is 6.20 Å². The van der Waals surface area contributed by atoms with Crippen LogP contribution in [0, 0.1) is 5.92 Å². The number of halogens is 1. The number of hydrogen-bond donors (Lipinski definition) is 2. The van der Waals surface area contributed by atoms with Crippen LogP contribution in [0.2, 0.25) is 5.15 Å². The molecule has 5 nitrogen and oxygen atoms in total. The number of likely N-dealkylation sites (tertiary alicyclic amines) is 1. The Hall–Kier alpha value is -1.17. The van der Waals surface area contributed by atoms with Crippen molar-refractivity contribution in [2.24, 2.45) is 5.92 Å². The van der Waals surface area contributed by atoms with Crippen LogP contribution in [0.25, 0.3) is 0 Å². The highest BCUT2D eigenvalue weighted by atomic mass is 35.5. The number of carbonyl (C=O) groups excluding carboxylic acids is 1. The van der Waals surface area contributed by atoms with Crippen LogP contribution >= 0.6 is 11.6 Å². The number of carbonyl (C=O) groups is 1. The molecule has 2 rings (SSSR count). The highest BCUT2D eigenvalue weighted by Crippen LogP contribution is 2.20. The van der Waals surface area contributed by atoms with E-state index >= 15 is 0 Å². The van der Waals surface area contributed by atoms with E-state index in [1.54, 1.807) is 18.3 Å². The number of hydrogen-bond acceptors (Lipinski definition) is 4. The predicted molar refractivity (Wildman–Crippen MR) is 85.6 cm³/mol. The molecule has 0 saturated carbocycles. The number of rotatable bonds is 6. The fourth-order valence-corrected chi connectivity index (χ4v) is 2.82. The number of amides is 1. The van der Waals surface area contributed by atoms with Crippen molar-refractivity contribution >= 4 is 23.2 Å². The molecule has 21 heavy (non-hydrogen) atoms. The number of nitrogens with one attached hydrogen (secondary N) is 2. The third kappa shape index (κ3) is 5.26. The van der Waals surface area contributed by atoms with Crippen molar-refractivity contribution in [2.75, 3.05) is 38.5 Å². The van der Waals surface area contributed by atoms with Gasteiger partial charge in [-0.05, 0) is 64.0 Å². The van der Waals surface area contributed by atoms with Crippen LogP contribution in [-0.2, 0) is 4.79 Å². The van der Waals surface area contributed by atoms with Crippen LogP contribution in [0.4, 0.5) is 5.69 Å². The van der Waals surface area contributed by atoms with E-state index in [9.17, 15) is 4.79 Å². The Morgan fingerprint density at radius 3 is 2.90 bits per heavy atom. The summed E-state index contributed by atoms with van der Waals surface area (Å²) in [6, 6.07) is 3.52. The lowest BCUT2D eigenvalue weighted by atomic mass is 9.93. The molecule has 0 radical (unpaired) electrons. The first-order valence-electron chi connectivity index (χ1n) is 7.46. The Morgan fingerprint density at radius 1 is 1.48 bits per heavy atom. The molecule has 116 valence electrons. The van der Waals surface area contributed by atoms with E-state index in [-0.39, 0.29) is 5.91 Å². The summed E-state index contributed by atoms with van der Waals surface area (Å²) in [6.07, 6.45) is 5.17. The van der Waals surface area contributed by atoms with Gasteiger partial charge in [-0.2, -0.15) is 0 Å².